The van der Waals surface area contributed by atoms with E-state index in [1.807, 2.05) is 6.92 Å². The van der Waals surface area contributed by atoms with Gasteiger partial charge < -0.3 is 25.5 Å². The second-order valence-electron chi connectivity index (χ2n) is 6.10. The van der Waals surface area contributed by atoms with Crippen molar-refractivity contribution < 1.29 is 20.1 Å². The van der Waals surface area contributed by atoms with E-state index in [-0.39, 0.29) is 24.0 Å². The van der Waals surface area contributed by atoms with Crippen molar-refractivity contribution in [3.63, 3.8) is 0 Å². The van der Waals surface area contributed by atoms with Crippen LogP contribution in [0.3, 0.4) is 0 Å². The molecule has 3 unspecified atom stereocenters. The largest absolute Gasteiger partial charge is 0.504 e. The van der Waals surface area contributed by atoms with E-state index in [0.29, 0.717) is 11.6 Å². The lowest BCUT2D eigenvalue weighted by Gasteiger charge is -2.43. The van der Waals surface area contributed by atoms with E-state index in [0.717, 1.165) is 18.7 Å². The fraction of sp³-hybridized carbons (Fsp3) is 0.471. The summed E-state index contributed by atoms with van der Waals surface area (Å²) in [7, 11) is 0. The maximum absolute atomic E-state index is 12.1. The molecule has 6 heteroatoms. The molecule has 4 N–H and O–H groups in total. The van der Waals surface area contributed by atoms with Crippen LogP contribution in [0.15, 0.2) is 30.5 Å². The van der Waals surface area contributed by atoms with Gasteiger partial charge in [-0.3, -0.25) is 4.79 Å². The van der Waals surface area contributed by atoms with Crippen LogP contribution in [0.4, 0.5) is 0 Å². The molecular formula is C17H24N2O4. The van der Waals surface area contributed by atoms with Gasteiger partial charge in [0, 0.05) is 24.7 Å². The molecule has 6 nitrogen and oxygen atoms in total. The van der Waals surface area contributed by atoms with Crippen LogP contribution >= 0.6 is 0 Å². The van der Waals surface area contributed by atoms with Crippen molar-refractivity contribution in [2.24, 2.45) is 0 Å². The number of nitrogens with zero attached hydrogens (tertiary/aromatic N) is 1. The van der Waals surface area contributed by atoms with Crippen LogP contribution in [-0.4, -0.2) is 50.9 Å². The molecule has 1 fully saturated rings. The fourth-order valence-corrected chi connectivity index (χ4v) is 2.60. The Morgan fingerprint density at radius 2 is 2.13 bits per heavy atom. The first kappa shape index (κ1) is 17.1. The zero-order valence-corrected chi connectivity index (χ0v) is 13.5. The highest BCUT2D eigenvalue weighted by molar-refractivity contribution is 5.81. The Balaban J connectivity index is 1.89. The molecule has 2 rings (SSSR count). The predicted molar refractivity (Wildman–Crippen MR) is 87.0 cm³/mol. The lowest BCUT2D eigenvalue weighted by atomic mass is 10.0. The summed E-state index contributed by atoms with van der Waals surface area (Å²) in [5.74, 6) is -0.996. The number of benzene rings is 1. The van der Waals surface area contributed by atoms with Crippen LogP contribution in [0.5, 0.6) is 11.5 Å². The Hall–Kier alpha value is -2.21. The first-order valence-corrected chi connectivity index (χ1v) is 7.74. The Kier molecular flexibility index (Phi) is 5.15. The molecule has 1 aromatic rings. The number of phenolic OH excluding ortho intramolecular Hbond substituents is 2. The monoisotopic (exact) mass is 320 g/mol. The molecule has 0 spiro atoms. The minimum Gasteiger partial charge on any atom is -0.504 e. The molecule has 3 atom stereocenters. The van der Waals surface area contributed by atoms with Crippen LogP contribution < -0.4 is 5.32 Å². The highest BCUT2D eigenvalue weighted by atomic mass is 16.3. The van der Waals surface area contributed by atoms with Crippen molar-refractivity contribution in [1.82, 2.24) is 10.2 Å². The van der Waals surface area contributed by atoms with E-state index in [9.17, 15) is 20.1 Å². The number of rotatable bonds is 6. The minimum atomic E-state index is -1.23. The van der Waals surface area contributed by atoms with Crippen LogP contribution in [0.2, 0.25) is 0 Å². The first-order valence-electron chi connectivity index (χ1n) is 7.74. The van der Waals surface area contributed by atoms with E-state index >= 15 is 0 Å². The molecule has 1 amide bonds. The summed E-state index contributed by atoms with van der Waals surface area (Å²) in [4.78, 5) is 14.2. The van der Waals surface area contributed by atoms with Crippen molar-refractivity contribution in [3.05, 3.63) is 36.0 Å². The second-order valence-corrected chi connectivity index (χ2v) is 6.10. The Morgan fingerprint density at radius 1 is 1.43 bits per heavy atom. The SMILES string of the molecule is C=C(C(C)NC(=O)C(O)Cc1ccc(O)c(O)c1)N1CCC1C. The van der Waals surface area contributed by atoms with Gasteiger partial charge in [0.25, 0.3) is 0 Å². The van der Waals surface area contributed by atoms with Crippen molar-refractivity contribution >= 4 is 5.91 Å². The summed E-state index contributed by atoms with van der Waals surface area (Å²) in [6.07, 6.45) is -0.0611. The number of aliphatic hydroxyl groups is 1. The first-order chi connectivity index (χ1) is 10.8. The lowest BCUT2D eigenvalue weighted by molar-refractivity contribution is -0.129. The third-order valence-corrected chi connectivity index (χ3v) is 4.32. The average Bonchev–Trinajstić information content (AvgIpc) is 2.49. The average molecular weight is 320 g/mol. The van der Waals surface area contributed by atoms with Gasteiger partial charge in [0.1, 0.15) is 6.10 Å². The molecule has 23 heavy (non-hydrogen) atoms. The number of amides is 1. The molecule has 0 aromatic heterocycles. The summed E-state index contributed by atoms with van der Waals surface area (Å²) in [6, 6.07) is 4.39. The molecule has 0 bridgehead atoms. The van der Waals surface area contributed by atoms with E-state index in [1.54, 1.807) is 6.07 Å². The molecule has 1 aliphatic heterocycles. The number of hydrogen-bond acceptors (Lipinski definition) is 5. The maximum atomic E-state index is 12.1. The summed E-state index contributed by atoms with van der Waals surface area (Å²) < 4.78 is 0. The molecule has 0 radical (unpaired) electrons. The highest BCUT2D eigenvalue weighted by Gasteiger charge is 2.28. The minimum absolute atomic E-state index is 0.0546. The van der Waals surface area contributed by atoms with E-state index in [4.69, 9.17) is 0 Å². The number of aliphatic hydroxyl groups excluding tert-OH is 1. The summed E-state index contributed by atoms with van der Waals surface area (Å²) in [5.41, 5.74) is 1.40. The number of phenols is 2. The zero-order chi connectivity index (χ0) is 17.1. The molecule has 1 saturated heterocycles. The summed E-state index contributed by atoms with van der Waals surface area (Å²) >= 11 is 0. The quantitative estimate of drug-likeness (QED) is 0.589. The molecule has 1 heterocycles. The van der Waals surface area contributed by atoms with Gasteiger partial charge in [0.05, 0.1) is 6.04 Å². The standard InChI is InChI=1S/C17H24N2O4/c1-10-6-7-19(10)12(3)11(2)18-17(23)16(22)9-13-4-5-14(20)15(21)8-13/h4-5,8,10-11,16,20-22H,3,6-7,9H2,1-2H3,(H,18,23). The smallest absolute Gasteiger partial charge is 0.249 e. The van der Waals surface area contributed by atoms with E-state index in [1.165, 1.54) is 12.1 Å². The fourth-order valence-electron chi connectivity index (χ4n) is 2.60. The highest BCUT2D eigenvalue weighted by Crippen LogP contribution is 2.26. The summed E-state index contributed by atoms with van der Waals surface area (Å²) in [6.45, 7) is 8.90. The number of nitrogens with one attached hydrogen (secondary N) is 1. The van der Waals surface area contributed by atoms with Crippen molar-refractivity contribution in [2.75, 3.05) is 6.54 Å². The van der Waals surface area contributed by atoms with Gasteiger partial charge in [-0.15, -0.1) is 0 Å². The van der Waals surface area contributed by atoms with Crippen molar-refractivity contribution in [2.45, 2.75) is 44.9 Å². The number of carbonyl (C=O) groups is 1. The van der Waals surface area contributed by atoms with Gasteiger partial charge in [-0.25, -0.2) is 0 Å². The van der Waals surface area contributed by atoms with Crippen LogP contribution in [0, 0.1) is 0 Å². The van der Waals surface area contributed by atoms with Crippen LogP contribution in [-0.2, 0) is 11.2 Å². The van der Waals surface area contributed by atoms with Gasteiger partial charge in [-0.05, 0) is 38.0 Å². The molecule has 0 aliphatic carbocycles. The Bertz CT molecular complexity index is 602. The molecular weight excluding hydrogens is 296 g/mol. The van der Waals surface area contributed by atoms with Crippen LogP contribution in [0.25, 0.3) is 0 Å². The Morgan fingerprint density at radius 3 is 2.65 bits per heavy atom. The molecule has 1 aliphatic rings. The maximum Gasteiger partial charge on any atom is 0.249 e. The normalized spacial score (nSPS) is 19.6. The van der Waals surface area contributed by atoms with Crippen LogP contribution in [0.1, 0.15) is 25.8 Å². The topological polar surface area (TPSA) is 93.0 Å². The molecule has 126 valence electrons. The van der Waals surface area contributed by atoms with E-state index in [2.05, 4.69) is 23.7 Å². The number of hydrogen-bond donors (Lipinski definition) is 4. The van der Waals surface area contributed by atoms with Gasteiger partial charge >= 0.3 is 0 Å². The number of carbonyl (C=O) groups excluding carboxylic acids is 1. The third kappa shape index (κ3) is 3.96. The molecule has 0 saturated carbocycles. The third-order valence-electron chi connectivity index (χ3n) is 4.32. The summed E-state index contributed by atoms with van der Waals surface area (Å²) in [5, 5.41) is 31.5. The second kappa shape index (κ2) is 6.91. The van der Waals surface area contributed by atoms with Gasteiger partial charge in [0.2, 0.25) is 5.91 Å². The lowest BCUT2D eigenvalue weighted by Crippen LogP contribution is -2.51. The number of likely N-dealkylation sites (tertiary alicyclic amines) is 1. The number of aromatic hydroxyl groups is 2. The zero-order valence-electron chi connectivity index (χ0n) is 13.5. The van der Waals surface area contributed by atoms with Crippen molar-refractivity contribution in [3.8, 4) is 11.5 Å². The van der Waals surface area contributed by atoms with Crippen molar-refractivity contribution in [1.29, 1.82) is 0 Å². The van der Waals surface area contributed by atoms with E-state index < -0.39 is 12.0 Å². The van der Waals surface area contributed by atoms with Gasteiger partial charge in [-0.1, -0.05) is 12.6 Å². The predicted octanol–water partition coefficient (Wildman–Crippen LogP) is 1.11. The van der Waals surface area contributed by atoms with Gasteiger partial charge in [-0.2, -0.15) is 0 Å². The Labute approximate surface area is 136 Å². The van der Waals surface area contributed by atoms with Gasteiger partial charge in [0.15, 0.2) is 11.5 Å². The molecule has 1 aromatic carbocycles.